The number of carboxylic acids is 1. The fraction of sp³-hybridized carbons (Fsp3) is 0.407. The van der Waals surface area contributed by atoms with Crippen LogP contribution in [0, 0.1) is 12.8 Å². The summed E-state index contributed by atoms with van der Waals surface area (Å²) in [6, 6.07) is 10.9. The summed E-state index contributed by atoms with van der Waals surface area (Å²) in [5.41, 5.74) is 5.34. The van der Waals surface area contributed by atoms with Crippen LogP contribution in [0.25, 0.3) is 11.1 Å². The van der Waals surface area contributed by atoms with E-state index in [4.69, 9.17) is 4.74 Å². The molecule has 5 nitrogen and oxygen atoms in total. The predicted molar refractivity (Wildman–Crippen MR) is 131 cm³/mol. The summed E-state index contributed by atoms with van der Waals surface area (Å²) in [6.45, 7) is 4.75. The van der Waals surface area contributed by atoms with Crippen LogP contribution < -0.4 is 0 Å². The number of aromatic nitrogens is 1. The average molecular weight is 466 g/mol. The van der Waals surface area contributed by atoms with Gasteiger partial charge in [-0.1, -0.05) is 50.5 Å². The first-order chi connectivity index (χ1) is 15.9. The quantitative estimate of drug-likeness (QED) is 0.377. The standard InChI is InChI=1S/C27H31NO4S/c1-3-27(25-15-28-17-33-25,21-7-5-4-6-8-21)32-16-19-9-11-22(18(2)13-19)20-10-12-24(29)23(14-20)26(30)31/h9-15,17,21,29H,3-8,16H2,1-2H3,(H,30,31). The van der Waals surface area contributed by atoms with Gasteiger partial charge in [-0.15, -0.1) is 11.3 Å². The first-order valence-corrected chi connectivity index (χ1v) is 12.5. The van der Waals surface area contributed by atoms with Crippen LogP contribution in [-0.4, -0.2) is 21.2 Å². The Kier molecular flexibility index (Phi) is 7.15. The monoisotopic (exact) mass is 465 g/mol. The van der Waals surface area contributed by atoms with Crippen LogP contribution in [0.5, 0.6) is 5.75 Å². The van der Waals surface area contributed by atoms with Gasteiger partial charge in [0.25, 0.3) is 0 Å². The molecule has 1 aliphatic carbocycles. The fourth-order valence-electron chi connectivity index (χ4n) is 5.18. The summed E-state index contributed by atoms with van der Waals surface area (Å²) in [6.07, 6.45) is 9.10. The van der Waals surface area contributed by atoms with Crippen molar-refractivity contribution in [1.82, 2.24) is 4.98 Å². The topological polar surface area (TPSA) is 79.7 Å². The molecule has 2 aromatic carbocycles. The summed E-state index contributed by atoms with van der Waals surface area (Å²) in [7, 11) is 0. The van der Waals surface area contributed by atoms with E-state index < -0.39 is 5.97 Å². The maximum atomic E-state index is 11.4. The average Bonchev–Trinajstić information content (AvgIpc) is 3.36. The third-order valence-corrected chi connectivity index (χ3v) is 7.90. The lowest BCUT2D eigenvalue weighted by molar-refractivity contribution is -0.113. The van der Waals surface area contributed by atoms with Gasteiger partial charge >= 0.3 is 5.97 Å². The van der Waals surface area contributed by atoms with Gasteiger partial charge in [0.1, 0.15) is 16.9 Å². The maximum Gasteiger partial charge on any atom is 0.339 e. The second kappa shape index (κ2) is 10.1. The number of aryl methyl sites for hydroxylation is 1. The molecule has 1 atom stereocenters. The van der Waals surface area contributed by atoms with E-state index in [1.165, 1.54) is 49.1 Å². The summed E-state index contributed by atoms with van der Waals surface area (Å²) in [5.74, 6) is -0.863. The number of nitrogens with zero attached hydrogens (tertiary/aromatic N) is 1. The highest BCUT2D eigenvalue weighted by molar-refractivity contribution is 7.09. The number of thiazole rings is 1. The van der Waals surface area contributed by atoms with E-state index in [9.17, 15) is 15.0 Å². The number of hydrogen-bond acceptors (Lipinski definition) is 5. The molecule has 1 aliphatic rings. The SMILES string of the molecule is CCC(OCc1ccc(-c2ccc(O)c(C(=O)O)c2)c(C)c1)(c1cncs1)C1CCCCC1. The smallest absolute Gasteiger partial charge is 0.339 e. The highest BCUT2D eigenvalue weighted by Gasteiger charge is 2.41. The van der Waals surface area contributed by atoms with Gasteiger partial charge in [-0.25, -0.2) is 4.79 Å². The van der Waals surface area contributed by atoms with Crippen LogP contribution in [0.4, 0.5) is 0 Å². The minimum absolute atomic E-state index is 0.0934. The van der Waals surface area contributed by atoms with Crippen LogP contribution in [0.15, 0.2) is 48.1 Å². The normalized spacial score (nSPS) is 16.4. The lowest BCUT2D eigenvalue weighted by Gasteiger charge is -2.41. The number of aromatic hydroxyl groups is 1. The molecule has 33 heavy (non-hydrogen) atoms. The number of benzene rings is 2. The van der Waals surface area contributed by atoms with Gasteiger partial charge in [0, 0.05) is 6.20 Å². The molecule has 0 bridgehead atoms. The van der Waals surface area contributed by atoms with Crippen LogP contribution in [0.2, 0.25) is 0 Å². The summed E-state index contributed by atoms with van der Waals surface area (Å²) in [4.78, 5) is 17.0. The molecule has 174 valence electrons. The zero-order valence-corrected chi connectivity index (χ0v) is 20.0. The zero-order chi connectivity index (χ0) is 23.4. The summed E-state index contributed by atoms with van der Waals surface area (Å²) in [5, 5.41) is 19.1. The number of carbonyl (C=O) groups is 1. The lowest BCUT2D eigenvalue weighted by atomic mass is 9.74. The van der Waals surface area contributed by atoms with E-state index in [1.807, 2.05) is 30.8 Å². The molecule has 4 rings (SSSR count). The molecule has 0 spiro atoms. The largest absolute Gasteiger partial charge is 0.507 e. The van der Waals surface area contributed by atoms with Crippen LogP contribution in [0.1, 0.15) is 71.8 Å². The van der Waals surface area contributed by atoms with Crippen molar-refractivity contribution in [2.24, 2.45) is 5.92 Å². The van der Waals surface area contributed by atoms with Crippen molar-refractivity contribution in [3.05, 3.63) is 69.7 Å². The third kappa shape index (κ3) is 4.82. The Morgan fingerprint density at radius 1 is 1.18 bits per heavy atom. The molecule has 1 unspecified atom stereocenters. The second-order valence-corrected chi connectivity index (χ2v) is 9.81. The number of aromatic carboxylic acids is 1. The Balaban J connectivity index is 1.58. The van der Waals surface area contributed by atoms with E-state index in [0.29, 0.717) is 12.5 Å². The highest BCUT2D eigenvalue weighted by Crippen LogP contribution is 2.46. The van der Waals surface area contributed by atoms with Gasteiger partial charge in [-0.3, -0.25) is 4.98 Å². The molecule has 0 saturated heterocycles. The molecule has 1 saturated carbocycles. The molecule has 6 heteroatoms. The van der Waals surface area contributed by atoms with Crippen molar-refractivity contribution in [3.8, 4) is 16.9 Å². The molecule has 0 amide bonds. The Morgan fingerprint density at radius 3 is 2.61 bits per heavy atom. The Morgan fingerprint density at radius 2 is 1.97 bits per heavy atom. The van der Waals surface area contributed by atoms with E-state index >= 15 is 0 Å². The first kappa shape index (κ1) is 23.5. The van der Waals surface area contributed by atoms with Crippen molar-refractivity contribution in [2.75, 3.05) is 0 Å². The molecule has 2 N–H and O–H groups in total. The molecule has 0 radical (unpaired) electrons. The number of ether oxygens (including phenoxy) is 1. The number of hydrogen-bond donors (Lipinski definition) is 2. The van der Waals surface area contributed by atoms with Gasteiger partial charge in [-0.05, 0) is 66.5 Å². The summed E-state index contributed by atoms with van der Waals surface area (Å²) >= 11 is 1.69. The van der Waals surface area contributed by atoms with Gasteiger partial charge in [-0.2, -0.15) is 0 Å². The van der Waals surface area contributed by atoms with E-state index in [0.717, 1.165) is 28.7 Å². The Hall–Kier alpha value is -2.70. The van der Waals surface area contributed by atoms with Crippen molar-refractivity contribution >= 4 is 17.3 Å². The van der Waals surface area contributed by atoms with Crippen molar-refractivity contribution in [3.63, 3.8) is 0 Å². The zero-order valence-electron chi connectivity index (χ0n) is 19.2. The highest BCUT2D eigenvalue weighted by atomic mass is 32.1. The predicted octanol–water partition coefficient (Wildman–Crippen LogP) is 6.92. The lowest BCUT2D eigenvalue weighted by Crippen LogP contribution is -2.38. The van der Waals surface area contributed by atoms with E-state index in [-0.39, 0.29) is 16.9 Å². The number of phenols is 1. The Labute approximate surface area is 199 Å². The van der Waals surface area contributed by atoms with Crippen LogP contribution in [0.3, 0.4) is 0 Å². The van der Waals surface area contributed by atoms with Crippen molar-refractivity contribution in [2.45, 2.75) is 64.6 Å². The molecule has 1 fully saturated rings. The molecular weight excluding hydrogens is 434 g/mol. The molecule has 3 aromatic rings. The molecular formula is C27H31NO4S. The van der Waals surface area contributed by atoms with Crippen LogP contribution >= 0.6 is 11.3 Å². The minimum Gasteiger partial charge on any atom is -0.507 e. The van der Waals surface area contributed by atoms with E-state index in [2.05, 4.69) is 18.0 Å². The minimum atomic E-state index is -1.14. The molecule has 0 aliphatic heterocycles. The van der Waals surface area contributed by atoms with E-state index in [1.54, 1.807) is 17.4 Å². The van der Waals surface area contributed by atoms with Crippen molar-refractivity contribution < 1.29 is 19.7 Å². The first-order valence-electron chi connectivity index (χ1n) is 11.6. The second-order valence-electron chi connectivity index (χ2n) is 8.92. The van der Waals surface area contributed by atoms with Crippen molar-refractivity contribution in [1.29, 1.82) is 0 Å². The van der Waals surface area contributed by atoms with Gasteiger partial charge < -0.3 is 14.9 Å². The fourth-order valence-corrected chi connectivity index (χ4v) is 6.10. The number of carboxylic acid groups (broad SMARTS) is 1. The Bertz CT molecular complexity index is 1110. The van der Waals surface area contributed by atoms with Gasteiger partial charge in [0.05, 0.1) is 17.0 Å². The maximum absolute atomic E-state index is 11.4. The molecule has 1 aromatic heterocycles. The summed E-state index contributed by atoms with van der Waals surface area (Å²) < 4.78 is 6.78. The van der Waals surface area contributed by atoms with Gasteiger partial charge in [0.2, 0.25) is 0 Å². The molecule has 1 heterocycles. The van der Waals surface area contributed by atoms with Crippen LogP contribution in [-0.2, 0) is 16.9 Å². The third-order valence-electron chi connectivity index (χ3n) is 6.96. The van der Waals surface area contributed by atoms with Gasteiger partial charge in [0.15, 0.2) is 0 Å². The number of rotatable bonds is 8.